The van der Waals surface area contributed by atoms with Crippen LogP contribution in [-0.4, -0.2) is 45.3 Å². The summed E-state index contributed by atoms with van der Waals surface area (Å²) in [5.74, 6) is 1.06. The molecule has 0 spiro atoms. The van der Waals surface area contributed by atoms with Gasteiger partial charge in [0.25, 0.3) is 0 Å². The highest BCUT2D eigenvalue weighted by Crippen LogP contribution is 2.44. The first-order valence-corrected chi connectivity index (χ1v) is 10.6. The Labute approximate surface area is 156 Å². The summed E-state index contributed by atoms with van der Waals surface area (Å²) < 4.78 is 28.1. The fraction of sp³-hybridized carbons (Fsp3) is 0.632. The summed E-state index contributed by atoms with van der Waals surface area (Å²) >= 11 is 0. The van der Waals surface area contributed by atoms with Gasteiger partial charge in [0.15, 0.2) is 0 Å². The maximum absolute atomic E-state index is 12.9. The number of nitrogens with one attached hydrogen (secondary N) is 1. The van der Waals surface area contributed by atoms with Crippen LogP contribution in [-0.2, 0) is 15.0 Å². The summed E-state index contributed by atoms with van der Waals surface area (Å²) in [7, 11) is -0.790. The Morgan fingerprint density at radius 2 is 1.92 bits per heavy atom. The minimum atomic E-state index is -3.76. The lowest BCUT2D eigenvalue weighted by Gasteiger charge is -2.30. The molecule has 2 fully saturated rings. The van der Waals surface area contributed by atoms with E-state index in [1.54, 1.807) is 0 Å². The van der Waals surface area contributed by atoms with Crippen LogP contribution >= 0.6 is 0 Å². The zero-order valence-electron chi connectivity index (χ0n) is 16.0. The average Bonchev–Trinajstić information content (AvgIpc) is 3.17. The Morgan fingerprint density at radius 3 is 2.50 bits per heavy atom. The molecule has 3 atom stereocenters. The second kappa shape index (κ2) is 7.19. The van der Waals surface area contributed by atoms with Crippen molar-refractivity contribution in [3.63, 3.8) is 0 Å². The predicted octanol–water partition coefficient (Wildman–Crippen LogP) is 2.22. The van der Waals surface area contributed by atoms with Gasteiger partial charge in [-0.05, 0) is 62.1 Å². The Morgan fingerprint density at radius 1 is 1.19 bits per heavy atom. The highest BCUT2D eigenvalue weighted by molar-refractivity contribution is 7.90. The van der Waals surface area contributed by atoms with E-state index in [4.69, 9.17) is 0 Å². The molecule has 3 rings (SSSR count). The van der Waals surface area contributed by atoms with Crippen molar-refractivity contribution in [3.8, 4) is 0 Å². The third kappa shape index (κ3) is 3.74. The van der Waals surface area contributed by atoms with Gasteiger partial charge < -0.3 is 5.32 Å². The van der Waals surface area contributed by atoms with Crippen LogP contribution in [0.3, 0.4) is 0 Å². The van der Waals surface area contributed by atoms with E-state index in [-0.39, 0.29) is 18.5 Å². The van der Waals surface area contributed by atoms with E-state index < -0.39 is 10.2 Å². The molecular weight excluding hydrogens is 350 g/mol. The number of fused-ring (bicyclic) bond motifs is 2. The number of anilines is 1. The van der Waals surface area contributed by atoms with E-state index in [1.807, 2.05) is 32.0 Å². The molecule has 2 aliphatic rings. The van der Waals surface area contributed by atoms with E-state index in [0.717, 1.165) is 27.8 Å². The number of carbonyl (C=O) groups excluding carboxylic acids is 1. The highest BCUT2D eigenvalue weighted by Gasteiger charge is 2.40. The molecule has 1 aromatic carbocycles. The highest BCUT2D eigenvalue weighted by atomic mass is 32.2. The summed E-state index contributed by atoms with van der Waals surface area (Å²) in [5, 5.41) is 3.09. The Bertz CT molecular complexity index is 791. The van der Waals surface area contributed by atoms with Crippen LogP contribution in [0.15, 0.2) is 18.2 Å². The quantitative estimate of drug-likeness (QED) is 0.824. The zero-order chi connectivity index (χ0) is 19.1. The van der Waals surface area contributed by atoms with Crippen LogP contribution in [0.1, 0.15) is 36.8 Å². The summed E-state index contributed by atoms with van der Waals surface area (Å²) in [4.78, 5) is 12.7. The standard InChI is InChI=1S/C19H29N3O3S/c1-13-5-6-14(2)18(9-13)22(26(24,25)21(3)4)12-19(23)20-17-11-15-7-8-16(17)10-15/h5-6,9,15-17H,7-8,10-12H2,1-4H3,(H,20,23)/t15-,16-,17+/m1/s1. The lowest BCUT2D eigenvalue weighted by Crippen LogP contribution is -2.48. The lowest BCUT2D eigenvalue weighted by atomic mass is 9.95. The fourth-order valence-electron chi connectivity index (χ4n) is 4.28. The van der Waals surface area contributed by atoms with Crippen molar-refractivity contribution in [2.45, 2.75) is 45.6 Å². The SMILES string of the molecule is Cc1ccc(C)c(N(CC(=O)N[C@H]2C[C@@H]3CC[C@@H]2C3)S(=O)(=O)N(C)C)c1. The lowest BCUT2D eigenvalue weighted by molar-refractivity contribution is -0.120. The second-order valence-electron chi connectivity index (χ2n) is 7.94. The predicted molar refractivity (Wildman–Crippen MR) is 103 cm³/mol. The third-order valence-electron chi connectivity index (χ3n) is 5.74. The van der Waals surface area contributed by atoms with Crippen molar-refractivity contribution in [1.29, 1.82) is 0 Å². The molecule has 1 aromatic rings. The van der Waals surface area contributed by atoms with Crippen LogP contribution in [0.4, 0.5) is 5.69 Å². The Hall–Kier alpha value is -1.60. The molecule has 0 aromatic heterocycles. The molecule has 2 bridgehead atoms. The normalized spacial score (nSPS) is 24.9. The van der Waals surface area contributed by atoms with E-state index in [2.05, 4.69) is 5.32 Å². The van der Waals surface area contributed by atoms with Crippen LogP contribution in [0.2, 0.25) is 0 Å². The minimum absolute atomic E-state index is 0.196. The van der Waals surface area contributed by atoms with Crippen molar-refractivity contribution in [1.82, 2.24) is 9.62 Å². The maximum Gasteiger partial charge on any atom is 0.304 e. The third-order valence-corrected chi connectivity index (χ3v) is 7.55. The van der Waals surface area contributed by atoms with Gasteiger partial charge in [-0.2, -0.15) is 12.7 Å². The number of hydrogen-bond acceptors (Lipinski definition) is 3. The number of nitrogens with zero attached hydrogens (tertiary/aromatic N) is 2. The van der Waals surface area contributed by atoms with Crippen molar-refractivity contribution in [3.05, 3.63) is 29.3 Å². The Balaban J connectivity index is 1.82. The number of benzene rings is 1. The molecule has 0 heterocycles. The van der Waals surface area contributed by atoms with Crippen molar-refractivity contribution in [2.24, 2.45) is 11.8 Å². The van der Waals surface area contributed by atoms with Gasteiger partial charge in [-0.15, -0.1) is 0 Å². The second-order valence-corrected chi connectivity index (χ2v) is 10.0. The topological polar surface area (TPSA) is 69.7 Å². The number of carbonyl (C=O) groups is 1. The van der Waals surface area contributed by atoms with Crippen molar-refractivity contribution in [2.75, 3.05) is 24.9 Å². The zero-order valence-corrected chi connectivity index (χ0v) is 16.8. The van der Waals surface area contributed by atoms with Gasteiger partial charge >= 0.3 is 10.2 Å². The molecule has 1 amide bonds. The molecule has 26 heavy (non-hydrogen) atoms. The first kappa shape index (κ1) is 19.2. The first-order chi connectivity index (χ1) is 12.2. The summed E-state index contributed by atoms with van der Waals surface area (Å²) in [5.41, 5.74) is 2.34. The summed E-state index contributed by atoms with van der Waals surface area (Å²) in [6, 6.07) is 5.84. The number of rotatable bonds is 6. The molecule has 0 radical (unpaired) electrons. The first-order valence-electron chi connectivity index (χ1n) is 9.25. The molecule has 1 N–H and O–H groups in total. The van der Waals surface area contributed by atoms with Crippen molar-refractivity contribution >= 4 is 21.8 Å². The van der Waals surface area contributed by atoms with Crippen LogP contribution in [0, 0.1) is 25.7 Å². The van der Waals surface area contributed by atoms with Gasteiger partial charge in [-0.25, -0.2) is 4.31 Å². The van der Waals surface area contributed by atoms with Gasteiger partial charge in [0.1, 0.15) is 6.54 Å². The largest absolute Gasteiger partial charge is 0.352 e. The molecule has 0 aliphatic heterocycles. The van der Waals surface area contributed by atoms with Gasteiger partial charge in [0.2, 0.25) is 5.91 Å². The van der Waals surface area contributed by atoms with Gasteiger partial charge in [-0.1, -0.05) is 18.6 Å². The monoisotopic (exact) mass is 379 g/mol. The van der Waals surface area contributed by atoms with Gasteiger partial charge in [0.05, 0.1) is 5.69 Å². The van der Waals surface area contributed by atoms with E-state index in [0.29, 0.717) is 11.6 Å². The molecule has 2 saturated carbocycles. The number of hydrogen-bond donors (Lipinski definition) is 1. The number of amides is 1. The molecule has 6 nitrogen and oxygen atoms in total. The van der Waals surface area contributed by atoms with Gasteiger partial charge in [0, 0.05) is 20.1 Å². The van der Waals surface area contributed by atoms with Crippen LogP contribution < -0.4 is 9.62 Å². The van der Waals surface area contributed by atoms with Gasteiger partial charge in [-0.3, -0.25) is 4.79 Å². The molecule has 2 aliphatic carbocycles. The molecule has 144 valence electrons. The molecule has 7 heteroatoms. The Kier molecular flexibility index (Phi) is 5.30. The van der Waals surface area contributed by atoms with Crippen LogP contribution in [0.5, 0.6) is 0 Å². The maximum atomic E-state index is 12.9. The molecular formula is C19H29N3O3S. The smallest absolute Gasteiger partial charge is 0.304 e. The minimum Gasteiger partial charge on any atom is -0.352 e. The summed E-state index contributed by atoms with van der Waals surface area (Å²) in [6.07, 6.45) is 4.66. The number of aryl methyl sites for hydroxylation is 2. The molecule has 0 unspecified atom stereocenters. The van der Waals surface area contributed by atoms with E-state index in [1.165, 1.54) is 37.7 Å². The average molecular weight is 380 g/mol. The van der Waals surface area contributed by atoms with Crippen molar-refractivity contribution < 1.29 is 13.2 Å². The summed E-state index contributed by atoms with van der Waals surface area (Å²) in [6.45, 7) is 3.58. The fourth-order valence-corrected chi connectivity index (χ4v) is 5.40. The van der Waals surface area contributed by atoms with E-state index >= 15 is 0 Å². The molecule has 0 saturated heterocycles. The van der Waals surface area contributed by atoms with E-state index in [9.17, 15) is 13.2 Å². The van der Waals surface area contributed by atoms with Crippen LogP contribution in [0.25, 0.3) is 0 Å².